The molecule has 0 saturated carbocycles. The highest BCUT2D eigenvalue weighted by atomic mass is 16.3. The number of oxazole rings is 1. The standard InChI is InChI=1S/C51H32N2O2/c1-2-11-33(12-3-1)34-23-25-39(26-24-34)53(40-18-8-17-38(29-40)43-20-9-16-35-13-6-7-19-42(35)43)41-27-28-44-48(32-41)54-47-22-10-21-45(50(44)47)51-52-46-30-36-14-4-5-15-37(36)31-49(46)55-51/h1-32H. The third kappa shape index (κ3) is 5.34. The Labute approximate surface area is 317 Å². The van der Waals surface area contributed by atoms with Crippen LogP contribution in [0.15, 0.2) is 203 Å². The summed E-state index contributed by atoms with van der Waals surface area (Å²) in [6.07, 6.45) is 0. The minimum Gasteiger partial charge on any atom is -0.456 e. The molecule has 0 radical (unpaired) electrons. The van der Waals surface area contributed by atoms with E-state index < -0.39 is 0 Å². The van der Waals surface area contributed by atoms with Crippen molar-refractivity contribution in [3.63, 3.8) is 0 Å². The van der Waals surface area contributed by atoms with Crippen molar-refractivity contribution in [2.75, 3.05) is 4.90 Å². The maximum Gasteiger partial charge on any atom is 0.228 e. The van der Waals surface area contributed by atoms with E-state index in [0.717, 1.165) is 72.0 Å². The minimum absolute atomic E-state index is 0.577. The number of nitrogens with zero attached hydrogens (tertiary/aromatic N) is 2. The molecule has 4 nitrogen and oxygen atoms in total. The number of hydrogen-bond acceptors (Lipinski definition) is 4. The second-order valence-corrected chi connectivity index (χ2v) is 14.0. The van der Waals surface area contributed by atoms with Gasteiger partial charge in [0.25, 0.3) is 0 Å². The maximum absolute atomic E-state index is 6.64. The van der Waals surface area contributed by atoms with E-state index in [4.69, 9.17) is 13.8 Å². The van der Waals surface area contributed by atoms with Crippen LogP contribution in [0.2, 0.25) is 0 Å². The largest absolute Gasteiger partial charge is 0.456 e. The van der Waals surface area contributed by atoms with Gasteiger partial charge in [0.2, 0.25) is 5.89 Å². The van der Waals surface area contributed by atoms with Crippen LogP contribution in [0.5, 0.6) is 0 Å². The van der Waals surface area contributed by atoms with E-state index in [1.165, 1.54) is 27.5 Å². The second-order valence-electron chi connectivity index (χ2n) is 14.0. The zero-order valence-corrected chi connectivity index (χ0v) is 29.7. The quantitative estimate of drug-likeness (QED) is 0.173. The summed E-state index contributed by atoms with van der Waals surface area (Å²) < 4.78 is 13.1. The fourth-order valence-electron chi connectivity index (χ4n) is 8.03. The van der Waals surface area contributed by atoms with Crippen LogP contribution in [-0.4, -0.2) is 4.98 Å². The van der Waals surface area contributed by atoms with Gasteiger partial charge < -0.3 is 13.7 Å². The van der Waals surface area contributed by atoms with Gasteiger partial charge in [0, 0.05) is 39.5 Å². The molecule has 0 saturated heterocycles. The molecule has 4 heteroatoms. The lowest BCUT2D eigenvalue weighted by Crippen LogP contribution is -2.10. The van der Waals surface area contributed by atoms with Gasteiger partial charge in [-0.2, -0.15) is 0 Å². The topological polar surface area (TPSA) is 42.4 Å². The van der Waals surface area contributed by atoms with Crippen LogP contribution in [0.3, 0.4) is 0 Å². The number of aromatic nitrogens is 1. The van der Waals surface area contributed by atoms with Crippen LogP contribution in [0.4, 0.5) is 17.1 Å². The molecule has 2 aromatic heterocycles. The molecule has 9 aromatic carbocycles. The Balaban J connectivity index is 1.06. The molecule has 0 unspecified atom stereocenters. The van der Waals surface area contributed by atoms with Crippen LogP contribution >= 0.6 is 0 Å². The van der Waals surface area contributed by atoms with Crippen molar-refractivity contribution in [2.24, 2.45) is 0 Å². The van der Waals surface area contributed by atoms with E-state index in [0.29, 0.717) is 5.89 Å². The Morgan fingerprint density at radius 2 is 1.02 bits per heavy atom. The summed E-state index contributed by atoms with van der Waals surface area (Å²) in [6, 6.07) is 68.2. The Morgan fingerprint density at radius 3 is 1.89 bits per heavy atom. The number of hydrogen-bond donors (Lipinski definition) is 0. The van der Waals surface area contributed by atoms with Crippen molar-refractivity contribution in [3.8, 4) is 33.7 Å². The van der Waals surface area contributed by atoms with Gasteiger partial charge in [0.05, 0.1) is 0 Å². The van der Waals surface area contributed by atoms with Crippen LogP contribution in [0, 0.1) is 0 Å². The number of furan rings is 1. The Bertz CT molecular complexity index is 3150. The smallest absolute Gasteiger partial charge is 0.228 e. The van der Waals surface area contributed by atoms with Gasteiger partial charge in [-0.05, 0) is 104 Å². The van der Waals surface area contributed by atoms with Crippen molar-refractivity contribution in [3.05, 3.63) is 194 Å². The third-order valence-electron chi connectivity index (χ3n) is 10.7. The molecule has 0 aliphatic rings. The summed E-state index contributed by atoms with van der Waals surface area (Å²) in [5, 5.41) is 6.70. The highest BCUT2D eigenvalue weighted by Gasteiger charge is 2.20. The molecule has 0 fully saturated rings. The SMILES string of the molecule is c1ccc(-c2ccc(N(c3cccc(-c4cccc5ccccc45)c3)c3ccc4c(c3)oc3cccc(-c5nc6cc7ccccc7cc6o5)c34)cc2)cc1. The number of fused-ring (bicyclic) bond motifs is 6. The molecular formula is C51H32N2O2. The van der Waals surface area contributed by atoms with E-state index in [1.807, 2.05) is 24.3 Å². The lowest BCUT2D eigenvalue weighted by atomic mass is 9.97. The van der Waals surface area contributed by atoms with Crippen LogP contribution < -0.4 is 4.90 Å². The van der Waals surface area contributed by atoms with E-state index in [1.54, 1.807) is 0 Å². The Kier molecular flexibility index (Phi) is 7.14. The minimum atomic E-state index is 0.577. The monoisotopic (exact) mass is 704 g/mol. The van der Waals surface area contributed by atoms with E-state index >= 15 is 0 Å². The number of rotatable bonds is 6. The van der Waals surface area contributed by atoms with Gasteiger partial charge in [0.15, 0.2) is 5.58 Å². The first-order valence-corrected chi connectivity index (χ1v) is 18.5. The first-order chi connectivity index (χ1) is 27.2. The first kappa shape index (κ1) is 31.1. The molecule has 11 aromatic rings. The molecule has 0 aliphatic heterocycles. The third-order valence-corrected chi connectivity index (χ3v) is 10.7. The van der Waals surface area contributed by atoms with Gasteiger partial charge in [-0.15, -0.1) is 0 Å². The van der Waals surface area contributed by atoms with E-state index in [2.05, 4.69) is 175 Å². The van der Waals surface area contributed by atoms with Crippen LogP contribution in [0.25, 0.3) is 88.3 Å². The predicted molar refractivity (Wildman–Crippen MR) is 227 cm³/mol. The molecule has 0 spiro atoms. The molecule has 0 bridgehead atoms. The molecule has 258 valence electrons. The number of benzene rings is 9. The van der Waals surface area contributed by atoms with E-state index in [-0.39, 0.29) is 0 Å². The zero-order valence-electron chi connectivity index (χ0n) is 29.7. The molecule has 2 heterocycles. The predicted octanol–water partition coefficient (Wildman–Crippen LogP) is 14.5. The van der Waals surface area contributed by atoms with Crippen molar-refractivity contribution < 1.29 is 8.83 Å². The zero-order chi connectivity index (χ0) is 36.3. The summed E-state index contributed by atoms with van der Waals surface area (Å²) in [6.45, 7) is 0. The van der Waals surface area contributed by atoms with Gasteiger partial charge in [-0.1, -0.05) is 127 Å². The molecule has 0 N–H and O–H groups in total. The average molecular weight is 705 g/mol. The van der Waals surface area contributed by atoms with E-state index in [9.17, 15) is 0 Å². The van der Waals surface area contributed by atoms with Gasteiger partial charge in [0.1, 0.15) is 16.7 Å². The average Bonchev–Trinajstić information content (AvgIpc) is 3.84. The van der Waals surface area contributed by atoms with Gasteiger partial charge in [-0.25, -0.2) is 4.98 Å². The lowest BCUT2D eigenvalue weighted by Gasteiger charge is -2.26. The Morgan fingerprint density at radius 1 is 0.364 bits per heavy atom. The normalized spacial score (nSPS) is 11.6. The highest BCUT2D eigenvalue weighted by molar-refractivity contribution is 6.13. The van der Waals surface area contributed by atoms with Crippen LogP contribution in [-0.2, 0) is 0 Å². The van der Waals surface area contributed by atoms with Crippen molar-refractivity contribution in [2.45, 2.75) is 0 Å². The molecule has 0 amide bonds. The lowest BCUT2D eigenvalue weighted by molar-refractivity contribution is 0.620. The second kappa shape index (κ2) is 12.6. The van der Waals surface area contributed by atoms with Crippen molar-refractivity contribution in [1.82, 2.24) is 4.98 Å². The highest BCUT2D eigenvalue weighted by Crippen LogP contribution is 2.43. The fraction of sp³-hybridized carbons (Fsp3) is 0. The van der Waals surface area contributed by atoms with Crippen LogP contribution in [0.1, 0.15) is 0 Å². The fourth-order valence-corrected chi connectivity index (χ4v) is 8.03. The van der Waals surface area contributed by atoms with Crippen molar-refractivity contribution >= 4 is 71.6 Å². The summed E-state index contributed by atoms with van der Waals surface area (Å²) in [7, 11) is 0. The maximum atomic E-state index is 6.64. The molecule has 11 rings (SSSR count). The summed E-state index contributed by atoms with van der Waals surface area (Å²) in [5.41, 5.74) is 11.9. The van der Waals surface area contributed by atoms with Gasteiger partial charge in [-0.3, -0.25) is 0 Å². The molecular weight excluding hydrogens is 673 g/mol. The number of anilines is 3. The summed E-state index contributed by atoms with van der Waals surface area (Å²) in [4.78, 5) is 7.27. The van der Waals surface area contributed by atoms with Gasteiger partial charge >= 0.3 is 0 Å². The molecule has 55 heavy (non-hydrogen) atoms. The molecule has 0 aliphatic carbocycles. The summed E-state index contributed by atoms with van der Waals surface area (Å²) in [5.74, 6) is 0.577. The first-order valence-electron chi connectivity index (χ1n) is 18.5. The van der Waals surface area contributed by atoms with Crippen molar-refractivity contribution in [1.29, 1.82) is 0 Å². The summed E-state index contributed by atoms with van der Waals surface area (Å²) >= 11 is 0. The Hall–Kier alpha value is -7.43. The molecule has 0 atom stereocenters.